The molecule has 0 radical (unpaired) electrons. The Morgan fingerprint density at radius 2 is 2.04 bits per heavy atom. The van der Waals surface area contributed by atoms with Crippen LogP contribution < -0.4 is 0 Å². The van der Waals surface area contributed by atoms with Gasteiger partial charge in [-0.3, -0.25) is 9.89 Å². The molecule has 1 aliphatic heterocycles. The summed E-state index contributed by atoms with van der Waals surface area (Å²) >= 11 is 0. The van der Waals surface area contributed by atoms with Gasteiger partial charge in [-0.2, -0.15) is 5.10 Å². The molecule has 7 heteroatoms. The fourth-order valence-electron chi connectivity index (χ4n) is 3.37. The summed E-state index contributed by atoms with van der Waals surface area (Å²) < 4.78 is 27.7. The van der Waals surface area contributed by atoms with Gasteiger partial charge in [-0.05, 0) is 30.7 Å². The van der Waals surface area contributed by atoms with Crippen LogP contribution in [0.5, 0.6) is 0 Å². The number of benzene rings is 2. The number of carbonyl (C=O) groups excluding carboxylic acids is 1. The third kappa shape index (κ3) is 2.66. The summed E-state index contributed by atoms with van der Waals surface area (Å²) in [6.45, 7) is 0.0423. The second kappa shape index (κ2) is 5.93. The summed E-state index contributed by atoms with van der Waals surface area (Å²) in [5.41, 5.74) is 0.968. The number of aromatic amines is 1. The molecule has 1 saturated heterocycles. The lowest BCUT2D eigenvalue weighted by atomic mass is 10.0. The topological polar surface area (TPSA) is 69.2 Å². The number of amides is 1. The summed E-state index contributed by atoms with van der Waals surface area (Å²) in [6, 6.07) is 9.54. The zero-order valence-electron chi connectivity index (χ0n) is 13.1. The fraction of sp³-hybridized carbons (Fsp3) is 0.222. The largest absolute Gasteiger partial charge is 0.391 e. The Hall–Kier alpha value is -2.80. The van der Waals surface area contributed by atoms with Gasteiger partial charge in [0, 0.05) is 17.5 Å². The van der Waals surface area contributed by atoms with Gasteiger partial charge in [-0.1, -0.05) is 18.2 Å². The standard InChI is InChI=1S/C18H15F2N3O2/c19-10-5-6-14(20)13(7-10)16-8-11(24)9-23(16)18(25)17-12-3-1-2-4-15(12)21-22-17/h1-7,11,16,24H,8-9H2,(H,21,22)/t11-,16+/m0/s1. The minimum absolute atomic E-state index is 0.0423. The number of fused-ring (bicyclic) bond motifs is 1. The molecule has 128 valence electrons. The molecule has 1 amide bonds. The van der Waals surface area contributed by atoms with E-state index in [4.69, 9.17) is 0 Å². The molecule has 2 atom stereocenters. The van der Waals surface area contributed by atoms with Crippen LogP contribution in [-0.2, 0) is 0 Å². The van der Waals surface area contributed by atoms with E-state index in [0.29, 0.717) is 10.9 Å². The van der Waals surface area contributed by atoms with Crippen molar-refractivity contribution in [1.82, 2.24) is 15.1 Å². The third-order valence-electron chi connectivity index (χ3n) is 4.53. The van der Waals surface area contributed by atoms with Crippen LogP contribution in [0.25, 0.3) is 10.9 Å². The normalized spacial score (nSPS) is 20.4. The first-order valence-corrected chi connectivity index (χ1v) is 7.91. The number of hydrogen-bond acceptors (Lipinski definition) is 3. The van der Waals surface area contributed by atoms with E-state index in [1.54, 1.807) is 18.2 Å². The fourth-order valence-corrected chi connectivity index (χ4v) is 3.37. The molecule has 5 nitrogen and oxygen atoms in total. The molecule has 0 bridgehead atoms. The van der Waals surface area contributed by atoms with Crippen molar-refractivity contribution in [2.24, 2.45) is 0 Å². The van der Waals surface area contributed by atoms with E-state index in [9.17, 15) is 18.7 Å². The quantitative estimate of drug-likeness (QED) is 0.752. The van der Waals surface area contributed by atoms with Crippen molar-refractivity contribution in [3.8, 4) is 0 Å². The maximum atomic E-state index is 14.2. The molecular weight excluding hydrogens is 328 g/mol. The molecule has 25 heavy (non-hydrogen) atoms. The number of nitrogens with zero attached hydrogens (tertiary/aromatic N) is 2. The number of H-pyrrole nitrogens is 1. The summed E-state index contributed by atoms with van der Waals surface area (Å²) in [5, 5.41) is 17.5. The molecule has 0 aliphatic carbocycles. The summed E-state index contributed by atoms with van der Waals surface area (Å²) in [4.78, 5) is 14.3. The lowest BCUT2D eigenvalue weighted by molar-refractivity contribution is 0.0709. The minimum Gasteiger partial charge on any atom is -0.391 e. The summed E-state index contributed by atoms with van der Waals surface area (Å²) in [5.74, 6) is -1.62. The molecule has 2 N–H and O–H groups in total. The van der Waals surface area contributed by atoms with Gasteiger partial charge in [-0.25, -0.2) is 8.78 Å². The molecule has 3 aromatic rings. The molecule has 1 fully saturated rings. The number of hydrogen-bond donors (Lipinski definition) is 2. The number of likely N-dealkylation sites (tertiary alicyclic amines) is 1. The van der Waals surface area contributed by atoms with Gasteiger partial charge < -0.3 is 10.0 Å². The molecule has 2 heterocycles. The molecule has 0 saturated carbocycles. The lowest BCUT2D eigenvalue weighted by Gasteiger charge is -2.24. The molecule has 1 aliphatic rings. The number of nitrogens with one attached hydrogen (secondary N) is 1. The van der Waals surface area contributed by atoms with Gasteiger partial charge in [0.25, 0.3) is 5.91 Å². The number of rotatable bonds is 2. The van der Waals surface area contributed by atoms with E-state index in [-0.39, 0.29) is 24.2 Å². The highest BCUT2D eigenvalue weighted by Gasteiger charge is 2.38. The van der Waals surface area contributed by atoms with Crippen LogP contribution in [0.15, 0.2) is 42.5 Å². The Morgan fingerprint density at radius 1 is 1.24 bits per heavy atom. The summed E-state index contributed by atoms with van der Waals surface area (Å²) in [7, 11) is 0. The van der Waals surface area contributed by atoms with Crippen LogP contribution in [0.1, 0.15) is 28.5 Å². The molecule has 4 rings (SSSR count). The number of halogens is 2. The van der Waals surface area contributed by atoms with Gasteiger partial charge in [0.05, 0.1) is 17.7 Å². The Labute approximate surface area is 141 Å². The van der Waals surface area contributed by atoms with Crippen LogP contribution >= 0.6 is 0 Å². The van der Waals surface area contributed by atoms with Gasteiger partial charge in [0.15, 0.2) is 5.69 Å². The first-order chi connectivity index (χ1) is 12.0. The van der Waals surface area contributed by atoms with Crippen LogP contribution in [-0.4, -0.2) is 38.8 Å². The first kappa shape index (κ1) is 15.7. The van der Waals surface area contributed by atoms with Crippen molar-refractivity contribution >= 4 is 16.8 Å². The molecular formula is C18H15F2N3O2. The number of carbonyl (C=O) groups is 1. The maximum absolute atomic E-state index is 14.2. The molecule has 0 unspecified atom stereocenters. The predicted octanol–water partition coefficient (Wildman–Crippen LogP) is 2.79. The lowest BCUT2D eigenvalue weighted by Crippen LogP contribution is -2.32. The summed E-state index contributed by atoms with van der Waals surface area (Å²) in [6.07, 6.45) is -0.657. The van der Waals surface area contributed by atoms with Gasteiger partial charge in [0.2, 0.25) is 0 Å². The Morgan fingerprint density at radius 3 is 2.88 bits per heavy atom. The Kier molecular flexibility index (Phi) is 3.73. The van der Waals surface area contributed by atoms with Crippen LogP contribution in [0, 0.1) is 11.6 Å². The SMILES string of the molecule is O=C(c1n[nH]c2ccccc12)N1C[C@@H](O)C[C@@H]1c1cc(F)ccc1F. The van der Waals surface area contributed by atoms with E-state index in [2.05, 4.69) is 10.2 Å². The third-order valence-corrected chi connectivity index (χ3v) is 4.53. The molecule has 2 aromatic carbocycles. The second-order valence-electron chi connectivity index (χ2n) is 6.15. The van der Waals surface area contributed by atoms with Gasteiger partial charge >= 0.3 is 0 Å². The van der Waals surface area contributed by atoms with Crippen LogP contribution in [0.2, 0.25) is 0 Å². The molecule has 1 aromatic heterocycles. The van der Waals surface area contributed by atoms with Crippen molar-refractivity contribution < 1.29 is 18.7 Å². The highest BCUT2D eigenvalue weighted by Crippen LogP contribution is 2.35. The predicted molar refractivity (Wildman–Crippen MR) is 86.9 cm³/mol. The van der Waals surface area contributed by atoms with E-state index in [0.717, 1.165) is 18.2 Å². The monoisotopic (exact) mass is 343 g/mol. The van der Waals surface area contributed by atoms with E-state index in [1.165, 1.54) is 4.90 Å². The van der Waals surface area contributed by atoms with Crippen molar-refractivity contribution in [3.63, 3.8) is 0 Å². The Bertz CT molecular complexity index is 956. The van der Waals surface area contributed by atoms with Crippen molar-refractivity contribution in [3.05, 3.63) is 65.4 Å². The number of para-hydroxylation sites is 1. The molecule has 0 spiro atoms. The van der Waals surface area contributed by atoms with Crippen LogP contribution in [0.4, 0.5) is 8.78 Å². The highest BCUT2D eigenvalue weighted by molar-refractivity contribution is 6.04. The van der Waals surface area contributed by atoms with Gasteiger partial charge in [0.1, 0.15) is 11.6 Å². The minimum atomic E-state index is -0.804. The average molecular weight is 343 g/mol. The second-order valence-corrected chi connectivity index (χ2v) is 6.15. The maximum Gasteiger partial charge on any atom is 0.275 e. The zero-order valence-corrected chi connectivity index (χ0v) is 13.1. The van der Waals surface area contributed by atoms with Gasteiger partial charge in [-0.15, -0.1) is 0 Å². The average Bonchev–Trinajstić information content (AvgIpc) is 3.20. The van der Waals surface area contributed by atoms with Crippen molar-refractivity contribution in [1.29, 1.82) is 0 Å². The zero-order chi connectivity index (χ0) is 17.6. The van der Waals surface area contributed by atoms with Crippen LogP contribution in [0.3, 0.4) is 0 Å². The number of aromatic nitrogens is 2. The first-order valence-electron chi connectivity index (χ1n) is 7.91. The van der Waals surface area contributed by atoms with E-state index >= 15 is 0 Å². The number of β-amino-alcohol motifs (C(OH)–C–C–N with tert-alkyl or cyclic N) is 1. The number of aliphatic hydroxyl groups is 1. The van der Waals surface area contributed by atoms with E-state index in [1.807, 2.05) is 6.07 Å². The van der Waals surface area contributed by atoms with E-state index < -0.39 is 29.7 Å². The Balaban J connectivity index is 1.74. The van der Waals surface area contributed by atoms with Crippen molar-refractivity contribution in [2.45, 2.75) is 18.6 Å². The smallest absolute Gasteiger partial charge is 0.275 e. The highest BCUT2D eigenvalue weighted by atomic mass is 19.1. The van der Waals surface area contributed by atoms with Crippen molar-refractivity contribution in [2.75, 3.05) is 6.54 Å². The number of aliphatic hydroxyl groups excluding tert-OH is 1.